The molecule has 0 radical (unpaired) electrons. The Labute approximate surface area is 171 Å². The first kappa shape index (κ1) is 19.0. The van der Waals surface area contributed by atoms with Gasteiger partial charge in [-0.2, -0.15) is 0 Å². The zero-order chi connectivity index (χ0) is 20.2. The maximum atomic E-state index is 5.72. The molecule has 0 amide bonds. The van der Waals surface area contributed by atoms with Gasteiger partial charge in [0.15, 0.2) is 0 Å². The normalized spacial score (nSPS) is 10.9. The lowest BCUT2D eigenvalue weighted by atomic mass is 10.00. The topological polar surface area (TPSA) is 60.2 Å². The van der Waals surface area contributed by atoms with Crippen LogP contribution in [0.4, 0.5) is 5.82 Å². The third-order valence-electron chi connectivity index (χ3n) is 5.05. The third-order valence-corrected chi connectivity index (χ3v) is 5.05. The van der Waals surface area contributed by atoms with Crippen LogP contribution >= 0.6 is 0 Å². The van der Waals surface area contributed by atoms with Crippen molar-refractivity contribution in [2.24, 2.45) is 5.73 Å². The highest BCUT2D eigenvalue weighted by Gasteiger charge is 2.11. The summed E-state index contributed by atoms with van der Waals surface area (Å²) in [5.74, 6) is 1.72. The summed E-state index contributed by atoms with van der Waals surface area (Å²) in [6, 6.07) is 25.2. The van der Waals surface area contributed by atoms with Crippen molar-refractivity contribution in [1.29, 1.82) is 0 Å². The van der Waals surface area contributed by atoms with E-state index in [0.717, 1.165) is 39.2 Å². The number of aryl methyl sites for hydroxylation is 1. The van der Waals surface area contributed by atoms with E-state index in [-0.39, 0.29) is 0 Å². The van der Waals surface area contributed by atoms with Gasteiger partial charge >= 0.3 is 0 Å². The standard InChI is InChI=1S/C25H25N3O/c1-17-13-22-21(16-24(17)29-2)15-23(28-25(22)27-12-11-26)20-10-6-9-19(14-20)18-7-4-3-5-8-18/h3-10,13-16H,11-12,26H2,1-2H3,(H,27,28). The average Bonchev–Trinajstić information content (AvgIpc) is 2.77. The SMILES string of the molecule is COc1cc2cc(-c3cccc(-c4ccccc4)c3)nc(NCCN)c2cc1C. The van der Waals surface area contributed by atoms with E-state index in [1.165, 1.54) is 11.1 Å². The molecule has 4 heteroatoms. The Morgan fingerprint density at radius 1 is 0.897 bits per heavy atom. The number of hydrogen-bond acceptors (Lipinski definition) is 4. The van der Waals surface area contributed by atoms with Gasteiger partial charge in [0, 0.05) is 24.0 Å². The molecule has 0 bridgehead atoms. The lowest BCUT2D eigenvalue weighted by Gasteiger charge is -2.14. The minimum atomic E-state index is 0.548. The second kappa shape index (κ2) is 8.33. The molecule has 3 N–H and O–H groups in total. The summed E-state index contributed by atoms with van der Waals surface area (Å²) in [6.07, 6.45) is 0. The van der Waals surface area contributed by atoms with Crippen molar-refractivity contribution >= 4 is 16.6 Å². The van der Waals surface area contributed by atoms with Gasteiger partial charge in [-0.1, -0.05) is 48.5 Å². The molecule has 4 aromatic rings. The molecule has 0 fully saturated rings. The number of aromatic nitrogens is 1. The van der Waals surface area contributed by atoms with Crippen LogP contribution in [-0.4, -0.2) is 25.2 Å². The van der Waals surface area contributed by atoms with Gasteiger partial charge < -0.3 is 15.8 Å². The summed E-state index contributed by atoms with van der Waals surface area (Å²) < 4.78 is 5.54. The number of nitrogens with two attached hydrogens (primary N) is 1. The van der Waals surface area contributed by atoms with E-state index in [0.29, 0.717) is 13.1 Å². The van der Waals surface area contributed by atoms with Crippen molar-refractivity contribution in [3.05, 3.63) is 78.4 Å². The Kier molecular flexibility index (Phi) is 5.45. The van der Waals surface area contributed by atoms with E-state index in [2.05, 4.69) is 72.0 Å². The first-order valence-corrected chi connectivity index (χ1v) is 9.79. The van der Waals surface area contributed by atoms with Gasteiger partial charge in [-0.25, -0.2) is 4.98 Å². The van der Waals surface area contributed by atoms with E-state index in [4.69, 9.17) is 15.5 Å². The Hall–Kier alpha value is -3.37. The monoisotopic (exact) mass is 383 g/mol. The fourth-order valence-corrected chi connectivity index (χ4v) is 3.57. The smallest absolute Gasteiger partial charge is 0.134 e. The Morgan fingerprint density at radius 2 is 1.66 bits per heavy atom. The zero-order valence-corrected chi connectivity index (χ0v) is 16.8. The molecular weight excluding hydrogens is 358 g/mol. The van der Waals surface area contributed by atoms with E-state index in [9.17, 15) is 0 Å². The summed E-state index contributed by atoms with van der Waals surface area (Å²) in [7, 11) is 1.70. The van der Waals surface area contributed by atoms with Crippen LogP contribution in [0.2, 0.25) is 0 Å². The van der Waals surface area contributed by atoms with Crippen LogP contribution in [0.5, 0.6) is 5.75 Å². The molecular formula is C25H25N3O. The predicted molar refractivity (Wildman–Crippen MR) is 121 cm³/mol. The van der Waals surface area contributed by atoms with E-state index >= 15 is 0 Å². The fraction of sp³-hybridized carbons (Fsp3) is 0.160. The van der Waals surface area contributed by atoms with Gasteiger partial charge in [-0.3, -0.25) is 0 Å². The number of hydrogen-bond donors (Lipinski definition) is 2. The van der Waals surface area contributed by atoms with Gasteiger partial charge in [-0.05, 0) is 53.3 Å². The molecule has 0 unspecified atom stereocenters. The van der Waals surface area contributed by atoms with Gasteiger partial charge in [0.1, 0.15) is 11.6 Å². The summed E-state index contributed by atoms with van der Waals surface area (Å²) >= 11 is 0. The van der Waals surface area contributed by atoms with Crippen molar-refractivity contribution in [2.45, 2.75) is 6.92 Å². The van der Waals surface area contributed by atoms with Gasteiger partial charge in [0.05, 0.1) is 12.8 Å². The highest BCUT2D eigenvalue weighted by atomic mass is 16.5. The van der Waals surface area contributed by atoms with Crippen LogP contribution in [0, 0.1) is 6.92 Å². The predicted octanol–water partition coefficient (Wildman–Crippen LogP) is 5.26. The number of benzene rings is 3. The Bertz CT molecular complexity index is 1140. The lowest BCUT2D eigenvalue weighted by molar-refractivity contribution is 0.412. The van der Waals surface area contributed by atoms with Crippen LogP contribution in [-0.2, 0) is 0 Å². The van der Waals surface area contributed by atoms with Crippen molar-refractivity contribution in [3.63, 3.8) is 0 Å². The highest BCUT2D eigenvalue weighted by molar-refractivity contribution is 5.96. The van der Waals surface area contributed by atoms with Crippen molar-refractivity contribution in [2.75, 3.05) is 25.5 Å². The van der Waals surface area contributed by atoms with Crippen molar-refractivity contribution < 1.29 is 4.74 Å². The second-order valence-electron chi connectivity index (χ2n) is 7.06. The quantitative estimate of drug-likeness (QED) is 0.477. The first-order chi connectivity index (χ1) is 14.2. The molecule has 0 atom stereocenters. The number of fused-ring (bicyclic) bond motifs is 1. The van der Waals surface area contributed by atoms with Gasteiger partial charge in [0.2, 0.25) is 0 Å². The summed E-state index contributed by atoms with van der Waals surface area (Å²) in [5.41, 5.74) is 11.1. The minimum Gasteiger partial charge on any atom is -0.496 e. The molecule has 4 rings (SSSR count). The largest absolute Gasteiger partial charge is 0.496 e. The molecule has 0 saturated heterocycles. The molecule has 0 saturated carbocycles. The lowest BCUT2D eigenvalue weighted by Crippen LogP contribution is -2.14. The molecule has 0 aliphatic heterocycles. The third kappa shape index (κ3) is 3.93. The molecule has 4 nitrogen and oxygen atoms in total. The Morgan fingerprint density at radius 3 is 2.41 bits per heavy atom. The van der Waals surface area contributed by atoms with Crippen molar-refractivity contribution in [1.82, 2.24) is 4.98 Å². The molecule has 1 aromatic heterocycles. The van der Waals surface area contributed by atoms with Crippen LogP contribution in [0.1, 0.15) is 5.56 Å². The molecule has 3 aromatic carbocycles. The summed E-state index contributed by atoms with van der Waals surface area (Å²) in [6.45, 7) is 3.26. The molecule has 0 aliphatic rings. The van der Waals surface area contributed by atoms with Crippen LogP contribution < -0.4 is 15.8 Å². The number of pyridine rings is 1. The number of rotatable bonds is 6. The first-order valence-electron chi connectivity index (χ1n) is 9.79. The maximum Gasteiger partial charge on any atom is 0.134 e. The second-order valence-corrected chi connectivity index (χ2v) is 7.06. The number of anilines is 1. The van der Waals surface area contributed by atoms with Crippen LogP contribution in [0.3, 0.4) is 0 Å². The van der Waals surface area contributed by atoms with E-state index < -0.39 is 0 Å². The number of ether oxygens (including phenoxy) is 1. The minimum absolute atomic E-state index is 0.548. The summed E-state index contributed by atoms with van der Waals surface area (Å²) in [5, 5.41) is 5.54. The molecule has 1 heterocycles. The summed E-state index contributed by atoms with van der Waals surface area (Å²) in [4.78, 5) is 4.93. The highest BCUT2D eigenvalue weighted by Crippen LogP contribution is 2.33. The average molecular weight is 383 g/mol. The molecule has 0 aliphatic carbocycles. The zero-order valence-electron chi connectivity index (χ0n) is 16.8. The Balaban J connectivity index is 1.86. The van der Waals surface area contributed by atoms with Crippen LogP contribution in [0.25, 0.3) is 33.2 Å². The number of methoxy groups -OCH3 is 1. The van der Waals surface area contributed by atoms with Crippen LogP contribution in [0.15, 0.2) is 72.8 Å². The number of nitrogens with one attached hydrogen (secondary N) is 1. The molecule has 0 spiro atoms. The molecule has 29 heavy (non-hydrogen) atoms. The number of nitrogens with zero attached hydrogens (tertiary/aromatic N) is 1. The van der Waals surface area contributed by atoms with E-state index in [1.54, 1.807) is 7.11 Å². The van der Waals surface area contributed by atoms with Gasteiger partial charge in [0.25, 0.3) is 0 Å². The maximum absolute atomic E-state index is 5.72. The fourth-order valence-electron chi connectivity index (χ4n) is 3.57. The van der Waals surface area contributed by atoms with Gasteiger partial charge in [-0.15, -0.1) is 0 Å². The van der Waals surface area contributed by atoms with Crippen molar-refractivity contribution in [3.8, 4) is 28.1 Å². The van der Waals surface area contributed by atoms with E-state index in [1.807, 2.05) is 13.0 Å². The molecule has 146 valence electrons.